The summed E-state index contributed by atoms with van der Waals surface area (Å²) < 4.78 is 5.95. The number of benzene rings is 1. The van der Waals surface area contributed by atoms with Gasteiger partial charge in [0.15, 0.2) is 0 Å². The third kappa shape index (κ3) is 5.02. The molecule has 2 rings (SSSR count). The zero-order chi connectivity index (χ0) is 15.1. The molecule has 1 aromatic rings. The summed E-state index contributed by atoms with van der Waals surface area (Å²) in [5.74, 6) is 1.73. The van der Waals surface area contributed by atoms with Gasteiger partial charge in [0.1, 0.15) is 5.75 Å². The van der Waals surface area contributed by atoms with Gasteiger partial charge < -0.3 is 4.74 Å². The van der Waals surface area contributed by atoms with E-state index in [2.05, 4.69) is 47.1 Å². The first kappa shape index (κ1) is 16.9. The molecule has 0 bridgehead atoms. The predicted molar refractivity (Wildman–Crippen MR) is 94.6 cm³/mol. The van der Waals surface area contributed by atoms with Gasteiger partial charge in [-0.15, -0.1) is 0 Å². The zero-order valence-electron chi connectivity index (χ0n) is 13.5. The first-order valence-electron chi connectivity index (χ1n) is 8.58. The molecule has 2 heteroatoms. The molecule has 1 aromatic carbocycles. The molecule has 1 fully saturated rings. The van der Waals surface area contributed by atoms with Crippen LogP contribution in [0.2, 0.25) is 0 Å². The van der Waals surface area contributed by atoms with Gasteiger partial charge in [-0.1, -0.05) is 54.2 Å². The van der Waals surface area contributed by atoms with E-state index >= 15 is 0 Å². The molecule has 0 heterocycles. The number of unbranched alkanes of at least 4 members (excludes halogenated alkanes) is 2. The molecular weight excluding hydrogens is 324 g/mol. The third-order valence-electron chi connectivity index (χ3n) is 4.77. The van der Waals surface area contributed by atoms with Gasteiger partial charge in [-0.05, 0) is 62.6 Å². The molecule has 1 nitrogen and oxygen atoms in total. The van der Waals surface area contributed by atoms with E-state index in [0.717, 1.165) is 18.3 Å². The second-order valence-electron chi connectivity index (χ2n) is 6.38. The molecular formula is C19H29BrO. The van der Waals surface area contributed by atoms with Crippen LogP contribution in [0.3, 0.4) is 0 Å². The Bertz CT molecular complexity index is 404. The molecule has 0 unspecified atom stereocenters. The Labute approximate surface area is 138 Å². The highest BCUT2D eigenvalue weighted by atomic mass is 79.9. The minimum atomic E-state index is 0.421. The normalized spacial score (nSPS) is 25.8. The average molecular weight is 353 g/mol. The fourth-order valence-electron chi connectivity index (χ4n) is 3.41. The van der Waals surface area contributed by atoms with Gasteiger partial charge in [0, 0.05) is 4.32 Å². The van der Waals surface area contributed by atoms with Crippen LogP contribution in [0.25, 0.3) is 0 Å². The molecule has 0 saturated heterocycles. The van der Waals surface area contributed by atoms with Gasteiger partial charge in [0.2, 0.25) is 0 Å². The van der Waals surface area contributed by atoms with E-state index in [1.54, 1.807) is 0 Å². The summed E-state index contributed by atoms with van der Waals surface area (Å²) in [5, 5.41) is 0. The van der Waals surface area contributed by atoms with E-state index < -0.39 is 0 Å². The van der Waals surface area contributed by atoms with Crippen molar-refractivity contribution in [3.63, 3.8) is 0 Å². The first-order chi connectivity index (χ1) is 10.2. The molecule has 0 aromatic heterocycles. The Balaban J connectivity index is 1.85. The number of alkyl halides is 1. The van der Waals surface area contributed by atoms with Crippen molar-refractivity contribution in [2.24, 2.45) is 0 Å². The zero-order valence-corrected chi connectivity index (χ0v) is 15.1. The molecule has 0 radical (unpaired) electrons. The van der Waals surface area contributed by atoms with Crippen LogP contribution in [0, 0.1) is 0 Å². The van der Waals surface area contributed by atoms with Crippen LogP contribution in [-0.4, -0.2) is 10.9 Å². The molecule has 1 saturated carbocycles. The maximum Gasteiger partial charge on any atom is 0.119 e. The Morgan fingerprint density at radius 2 is 1.76 bits per heavy atom. The van der Waals surface area contributed by atoms with E-state index in [1.165, 1.54) is 56.9 Å². The highest BCUT2D eigenvalue weighted by molar-refractivity contribution is 9.10. The molecule has 21 heavy (non-hydrogen) atoms. The molecule has 0 N–H and O–H groups in total. The maximum atomic E-state index is 5.53. The van der Waals surface area contributed by atoms with Crippen molar-refractivity contribution >= 4 is 15.9 Å². The Morgan fingerprint density at radius 3 is 2.33 bits per heavy atom. The van der Waals surface area contributed by atoms with Gasteiger partial charge in [0.05, 0.1) is 6.61 Å². The fourth-order valence-corrected chi connectivity index (χ4v) is 4.15. The van der Waals surface area contributed by atoms with Crippen LogP contribution >= 0.6 is 15.9 Å². The van der Waals surface area contributed by atoms with Crippen molar-refractivity contribution in [1.82, 2.24) is 0 Å². The Morgan fingerprint density at radius 1 is 1.10 bits per heavy atom. The molecule has 0 aliphatic heterocycles. The van der Waals surface area contributed by atoms with Crippen LogP contribution in [-0.2, 0) is 0 Å². The van der Waals surface area contributed by atoms with E-state index in [0.29, 0.717) is 4.32 Å². The smallest absolute Gasteiger partial charge is 0.119 e. The van der Waals surface area contributed by atoms with Crippen LogP contribution < -0.4 is 4.74 Å². The number of hydrogen-bond acceptors (Lipinski definition) is 1. The lowest BCUT2D eigenvalue weighted by molar-refractivity contribution is 0.337. The number of halogens is 1. The maximum absolute atomic E-state index is 5.53. The van der Waals surface area contributed by atoms with E-state index in [9.17, 15) is 0 Å². The van der Waals surface area contributed by atoms with Crippen LogP contribution in [0.1, 0.15) is 76.7 Å². The van der Waals surface area contributed by atoms with Crippen molar-refractivity contribution in [1.29, 1.82) is 0 Å². The minimum Gasteiger partial charge on any atom is -0.494 e. The lowest BCUT2D eigenvalue weighted by atomic mass is 9.77. The topological polar surface area (TPSA) is 9.23 Å². The molecule has 1 aliphatic carbocycles. The predicted octanol–water partition coefficient (Wildman–Crippen LogP) is 6.46. The number of ether oxygens (including phenoxy) is 1. The van der Waals surface area contributed by atoms with Crippen molar-refractivity contribution in [3.05, 3.63) is 29.8 Å². The van der Waals surface area contributed by atoms with Crippen molar-refractivity contribution in [2.75, 3.05) is 6.61 Å². The van der Waals surface area contributed by atoms with E-state index in [1.807, 2.05) is 6.92 Å². The monoisotopic (exact) mass is 352 g/mol. The minimum absolute atomic E-state index is 0.421. The van der Waals surface area contributed by atoms with E-state index in [-0.39, 0.29) is 0 Å². The molecule has 118 valence electrons. The highest BCUT2D eigenvalue weighted by Gasteiger charge is 2.32. The summed E-state index contributed by atoms with van der Waals surface area (Å²) in [7, 11) is 0. The van der Waals surface area contributed by atoms with Crippen LogP contribution in [0.4, 0.5) is 0 Å². The quantitative estimate of drug-likeness (QED) is 0.404. The largest absolute Gasteiger partial charge is 0.494 e. The summed E-state index contributed by atoms with van der Waals surface area (Å²) in [6.45, 7) is 5.06. The van der Waals surface area contributed by atoms with Gasteiger partial charge >= 0.3 is 0 Å². The second-order valence-corrected chi connectivity index (χ2v) is 8.07. The van der Waals surface area contributed by atoms with Gasteiger partial charge in [-0.3, -0.25) is 0 Å². The lowest BCUT2D eigenvalue weighted by Crippen LogP contribution is -2.27. The van der Waals surface area contributed by atoms with Crippen molar-refractivity contribution < 1.29 is 4.74 Å². The summed E-state index contributed by atoms with van der Waals surface area (Å²) in [4.78, 5) is 0. The highest BCUT2D eigenvalue weighted by Crippen LogP contribution is 2.45. The average Bonchev–Trinajstić information content (AvgIpc) is 2.50. The summed E-state index contributed by atoms with van der Waals surface area (Å²) in [6, 6.07) is 8.76. The van der Waals surface area contributed by atoms with Crippen molar-refractivity contribution in [2.45, 2.75) is 75.5 Å². The van der Waals surface area contributed by atoms with Crippen LogP contribution in [0.5, 0.6) is 5.75 Å². The van der Waals surface area contributed by atoms with Gasteiger partial charge in [0.25, 0.3) is 0 Å². The lowest BCUT2D eigenvalue weighted by Gasteiger charge is -2.36. The molecule has 0 atom stereocenters. The Hall–Kier alpha value is -0.500. The van der Waals surface area contributed by atoms with E-state index in [4.69, 9.17) is 4.74 Å². The number of rotatable bonds is 7. The second kappa shape index (κ2) is 8.22. The standard InChI is InChI=1S/C19H29BrO/c1-3-5-6-13-19(20)14-11-17(12-15-19)16-7-9-18(10-8-16)21-4-2/h7-10,17H,3-6,11-15H2,1-2H3. The Kier molecular flexibility index (Phi) is 6.60. The van der Waals surface area contributed by atoms with Crippen molar-refractivity contribution in [3.8, 4) is 5.75 Å². The number of hydrogen-bond donors (Lipinski definition) is 0. The molecule has 1 aliphatic rings. The summed E-state index contributed by atoms with van der Waals surface area (Å²) in [6.07, 6.45) is 10.7. The van der Waals surface area contributed by atoms with Crippen LogP contribution in [0.15, 0.2) is 24.3 Å². The molecule has 0 spiro atoms. The summed E-state index contributed by atoms with van der Waals surface area (Å²) >= 11 is 4.04. The SMILES string of the molecule is CCCCCC1(Br)CCC(c2ccc(OCC)cc2)CC1. The van der Waals surface area contributed by atoms with Gasteiger partial charge in [-0.2, -0.15) is 0 Å². The third-order valence-corrected chi connectivity index (χ3v) is 5.96. The fraction of sp³-hybridized carbons (Fsp3) is 0.684. The summed E-state index contributed by atoms with van der Waals surface area (Å²) in [5.41, 5.74) is 1.49. The molecule has 0 amide bonds. The van der Waals surface area contributed by atoms with Gasteiger partial charge in [-0.25, -0.2) is 0 Å². The first-order valence-corrected chi connectivity index (χ1v) is 9.38.